The Bertz CT molecular complexity index is 507. The molecule has 0 spiro atoms. The minimum absolute atomic E-state index is 0.145. The van der Waals surface area contributed by atoms with E-state index in [4.69, 9.17) is 11.6 Å². The normalized spacial score (nSPS) is 17.8. The van der Waals surface area contributed by atoms with Gasteiger partial charge in [-0.2, -0.15) is 4.31 Å². The van der Waals surface area contributed by atoms with Crippen LogP contribution in [0.15, 0.2) is 29.2 Å². The summed E-state index contributed by atoms with van der Waals surface area (Å²) in [6.45, 7) is 0. The molecule has 1 aliphatic carbocycles. The van der Waals surface area contributed by atoms with Gasteiger partial charge in [0.15, 0.2) is 0 Å². The summed E-state index contributed by atoms with van der Waals surface area (Å²) in [6, 6.07) is 6.98. The molecule has 1 aromatic carbocycles. The average molecular weight is 302 g/mol. The first-order valence-corrected chi connectivity index (χ1v) is 8.66. The Morgan fingerprint density at radius 3 is 2.26 bits per heavy atom. The quantitative estimate of drug-likeness (QED) is 0.800. The Labute approximate surface area is 120 Å². The Morgan fingerprint density at radius 1 is 1.16 bits per heavy atom. The molecule has 0 saturated heterocycles. The number of halogens is 1. The highest BCUT2D eigenvalue weighted by Gasteiger charge is 2.28. The van der Waals surface area contributed by atoms with Crippen molar-refractivity contribution in [2.75, 3.05) is 7.05 Å². The van der Waals surface area contributed by atoms with E-state index in [0.717, 1.165) is 31.2 Å². The maximum Gasteiger partial charge on any atom is 0.243 e. The molecule has 1 aromatic rings. The Hall–Kier alpha value is -0.580. The highest BCUT2D eigenvalue weighted by atomic mass is 35.5. The minimum atomic E-state index is -3.37. The number of hydrogen-bond acceptors (Lipinski definition) is 2. The van der Waals surface area contributed by atoms with Crippen LogP contribution < -0.4 is 0 Å². The molecule has 0 N–H and O–H groups in total. The van der Waals surface area contributed by atoms with Crippen molar-refractivity contribution in [1.29, 1.82) is 0 Å². The number of hydrogen-bond donors (Lipinski definition) is 0. The van der Waals surface area contributed by atoms with E-state index >= 15 is 0 Å². The Morgan fingerprint density at radius 2 is 1.74 bits per heavy atom. The summed E-state index contributed by atoms with van der Waals surface area (Å²) >= 11 is 5.72. The van der Waals surface area contributed by atoms with Crippen molar-refractivity contribution < 1.29 is 8.42 Å². The third-order valence-electron chi connectivity index (χ3n) is 3.84. The van der Waals surface area contributed by atoms with Gasteiger partial charge < -0.3 is 0 Å². The number of benzene rings is 1. The summed E-state index contributed by atoms with van der Waals surface area (Å²) in [5.74, 6) is 0.402. The van der Waals surface area contributed by atoms with Crippen LogP contribution in [-0.2, 0) is 15.9 Å². The number of rotatable bonds is 4. The van der Waals surface area contributed by atoms with Crippen LogP contribution in [-0.4, -0.2) is 25.8 Å². The Balaban J connectivity index is 2.19. The van der Waals surface area contributed by atoms with Gasteiger partial charge in [0.25, 0.3) is 0 Å². The standard InChI is InChI=1S/C14H20ClNO2S/c1-16(13-5-3-2-4-6-13)19(17,18)14-9-7-12(11-15)8-10-14/h7-10,13H,2-6,11H2,1H3. The van der Waals surface area contributed by atoms with E-state index in [1.54, 1.807) is 35.6 Å². The topological polar surface area (TPSA) is 37.4 Å². The van der Waals surface area contributed by atoms with Gasteiger partial charge in [-0.1, -0.05) is 31.4 Å². The first kappa shape index (κ1) is 14.8. The van der Waals surface area contributed by atoms with E-state index in [1.807, 2.05) is 0 Å². The van der Waals surface area contributed by atoms with Gasteiger partial charge in [0, 0.05) is 19.0 Å². The third-order valence-corrected chi connectivity index (χ3v) is 6.08. The molecule has 0 atom stereocenters. The number of alkyl halides is 1. The first-order chi connectivity index (χ1) is 9.05. The van der Waals surface area contributed by atoms with Gasteiger partial charge in [-0.15, -0.1) is 11.6 Å². The van der Waals surface area contributed by atoms with Crippen LogP contribution >= 0.6 is 11.6 Å². The molecule has 1 aliphatic rings. The summed E-state index contributed by atoms with van der Waals surface area (Å²) in [7, 11) is -1.68. The molecule has 19 heavy (non-hydrogen) atoms. The largest absolute Gasteiger partial charge is 0.243 e. The summed E-state index contributed by atoms with van der Waals surface area (Å²) in [6.07, 6.45) is 5.39. The van der Waals surface area contributed by atoms with Crippen molar-refractivity contribution in [1.82, 2.24) is 4.31 Å². The second-order valence-corrected chi connectivity index (χ2v) is 7.36. The van der Waals surface area contributed by atoms with E-state index < -0.39 is 10.0 Å². The van der Waals surface area contributed by atoms with Crippen molar-refractivity contribution in [3.05, 3.63) is 29.8 Å². The van der Waals surface area contributed by atoms with Crippen molar-refractivity contribution in [3.63, 3.8) is 0 Å². The van der Waals surface area contributed by atoms with Gasteiger partial charge in [-0.25, -0.2) is 8.42 Å². The van der Waals surface area contributed by atoms with Crippen molar-refractivity contribution in [2.45, 2.75) is 48.9 Å². The van der Waals surface area contributed by atoms with Gasteiger partial charge in [0.1, 0.15) is 0 Å². The van der Waals surface area contributed by atoms with Gasteiger partial charge in [-0.3, -0.25) is 0 Å². The fourth-order valence-corrected chi connectivity index (χ4v) is 4.15. The van der Waals surface area contributed by atoms with Gasteiger partial charge in [-0.05, 0) is 30.5 Å². The van der Waals surface area contributed by atoms with Crippen LogP contribution in [0.4, 0.5) is 0 Å². The van der Waals surface area contributed by atoms with Crippen LogP contribution in [0.3, 0.4) is 0 Å². The van der Waals surface area contributed by atoms with Crippen molar-refractivity contribution >= 4 is 21.6 Å². The lowest BCUT2D eigenvalue weighted by Gasteiger charge is -2.30. The van der Waals surface area contributed by atoms with E-state index in [9.17, 15) is 8.42 Å². The van der Waals surface area contributed by atoms with Crippen LogP contribution in [0, 0.1) is 0 Å². The molecular formula is C14H20ClNO2S. The summed E-state index contributed by atoms with van der Waals surface area (Å²) < 4.78 is 26.6. The zero-order chi connectivity index (χ0) is 13.9. The molecular weight excluding hydrogens is 282 g/mol. The lowest BCUT2D eigenvalue weighted by molar-refractivity contribution is 0.286. The van der Waals surface area contributed by atoms with Crippen LogP contribution in [0.25, 0.3) is 0 Å². The monoisotopic (exact) mass is 301 g/mol. The SMILES string of the molecule is CN(C1CCCCC1)S(=O)(=O)c1ccc(CCl)cc1. The molecule has 0 heterocycles. The summed E-state index contributed by atoms with van der Waals surface area (Å²) in [4.78, 5) is 0.356. The van der Waals surface area contributed by atoms with E-state index in [2.05, 4.69) is 0 Å². The van der Waals surface area contributed by atoms with E-state index in [1.165, 1.54) is 6.42 Å². The van der Waals surface area contributed by atoms with Crippen LogP contribution in [0.1, 0.15) is 37.7 Å². The summed E-state index contributed by atoms with van der Waals surface area (Å²) in [5.41, 5.74) is 0.931. The highest BCUT2D eigenvalue weighted by molar-refractivity contribution is 7.89. The molecule has 5 heteroatoms. The zero-order valence-corrected chi connectivity index (χ0v) is 12.8. The average Bonchev–Trinajstić information content (AvgIpc) is 2.47. The molecule has 106 valence electrons. The van der Waals surface area contributed by atoms with E-state index in [0.29, 0.717) is 10.8 Å². The highest BCUT2D eigenvalue weighted by Crippen LogP contribution is 2.26. The van der Waals surface area contributed by atoms with Crippen molar-refractivity contribution in [3.8, 4) is 0 Å². The molecule has 3 nitrogen and oxygen atoms in total. The lowest BCUT2D eigenvalue weighted by atomic mass is 9.96. The zero-order valence-electron chi connectivity index (χ0n) is 11.2. The number of sulfonamides is 1. The molecule has 1 saturated carbocycles. The smallest absolute Gasteiger partial charge is 0.207 e. The molecule has 0 radical (unpaired) electrons. The van der Waals surface area contributed by atoms with Gasteiger partial charge in [0.2, 0.25) is 10.0 Å². The van der Waals surface area contributed by atoms with E-state index in [-0.39, 0.29) is 6.04 Å². The second kappa shape index (κ2) is 6.25. The molecule has 0 aliphatic heterocycles. The minimum Gasteiger partial charge on any atom is -0.207 e. The predicted octanol–water partition coefficient (Wildman–Crippen LogP) is 3.38. The molecule has 0 unspecified atom stereocenters. The van der Waals surface area contributed by atoms with Gasteiger partial charge >= 0.3 is 0 Å². The van der Waals surface area contributed by atoms with Gasteiger partial charge in [0.05, 0.1) is 4.90 Å². The predicted molar refractivity (Wildman–Crippen MR) is 77.8 cm³/mol. The third kappa shape index (κ3) is 3.30. The molecule has 1 fully saturated rings. The maximum atomic E-state index is 12.5. The lowest BCUT2D eigenvalue weighted by Crippen LogP contribution is -2.38. The van der Waals surface area contributed by atoms with Crippen LogP contribution in [0.2, 0.25) is 0 Å². The van der Waals surface area contributed by atoms with Crippen molar-refractivity contribution in [2.24, 2.45) is 0 Å². The Kier molecular flexibility index (Phi) is 4.87. The van der Waals surface area contributed by atoms with Crippen LogP contribution in [0.5, 0.6) is 0 Å². The molecule has 0 aromatic heterocycles. The fraction of sp³-hybridized carbons (Fsp3) is 0.571. The first-order valence-electron chi connectivity index (χ1n) is 6.68. The second-order valence-electron chi connectivity index (χ2n) is 5.09. The summed E-state index contributed by atoms with van der Waals surface area (Å²) in [5, 5.41) is 0. The number of nitrogens with zero attached hydrogens (tertiary/aromatic N) is 1. The molecule has 0 amide bonds. The fourth-order valence-electron chi connectivity index (χ4n) is 2.56. The maximum absolute atomic E-state index is 12.5. The molecule has 0 bridgehead atoms. The molecule has 2 rings (SSSR count).